The average Bonchev–Trinajstić information content (AvgIpc) is 2.51. The Labute approximate surface area is 79.6 Å². The van der Waals surface area contributed by atoms with Crippen molar-refractivity contribution < 1.29 is 8.81 Å². The van der Waals surface area contributed by atoms with E-state index in [-0.39, 0.29) is 11.5 Å². The fraction of sp³-hybridized carbons (Fsp3) is 0.111. The third-order valence-corrected chi connectivity index (χ3v) is 1.77. The fourth-order valence-corrected chi connectivity index (χ4v) is 1.13. The predicted molar refractivity (Wildman–Crippen MR) is 48.8 cm³/mol. The molecule has 5 heteroatoms. The minimum Gasteiger partial charge on any atom is -0.421 e. The van der Waals surface area contributed by atoms with Crippen LogP contribution in [-0.4, -0.2) is 10.2 Å². The van der Waals surface area contributed by atoms with Crippen molar-refractivity contribution in [2.24, 2.45) is 0 Å². The molecule has 0 saturated heterocycles. The SMILES string of the molecule is Cc1nnc(-c2ccc(F)cc2N)o1. The molecular formula is C9H8FN3O. The van der Waals surface area contributed by atoms with Crippen LogP contribution in [0.25, 0.3) is 11.5 Å². The number of rotatable bonds is 1. The molecule has 0 atom stereocenters. The molecule has 0 aliphatic carbocycles. The van der Waals surface area contributed by atoms with Crippen LogP contribution in [0.5, 0.6) is 0 Å². The molecular weight excluding hydrogens is 185 g/mol. The number of nitrogens with two attached hydrogens (primary N) is 1. The van der Waals surface area contributed by atoms with E-state index < -0.39 is 0 Å². The summed E-state index contributed by atoms with van der Waals surface area (Å²) in [6.07, 6.45) is 0. The van der Waals surface area contributed by atoms with Gasteiger partial charge in [0.25, 0.3) is 0 Å². The van der Waals surface area contributed by atoms with Gasteiger partial charge in [-0.15, -0.1) is 10.2 Å². The van der Waals surface area contributed by atoms with Crippen LogP contribution < -0.4 is 5.73 Å². The van der Waals surface area contributed by atoms with E-state index in [1.54, 1.807) is 6.92 Å². The van der Waals surface area contributed by atoms with E-state index in [0.29, 0.717) is 17.3 Å². The minimum atomic E-state index is -0.387. The average molecular weight is 193 g/mol. The summed E-state index contributed by atoms with van der Waals surface area (Å²) in [6, 6.07) is 4.03. The molecule has 0 amide bonds. The van der Waals surface area contributed by atoms with Crippen molar-refractivity contribution in [3.05, 3.63) is 29.9 Å². The molecule has 0 aliphatic heterocycles. The number of aromatic nitrogens is 2. The van der Waals surface area contributed by atoms with Gasteiger partial charge in [0.1, 0.15) is 5.82 Å². The van der Waals surface area contributed by atoms with E-state index in [9.17, 15) is 4.39 Å². The highest BCUT2D eigenvalue weighted by Gasteiger charge is 2.09. The number of aryl methyl sites for hydroxylation is 1. The van der Waals surface area contributed by atoms with E-state index in [1.165, 1.54) is 18.2 Å². The van der Waals surface area contributed by atoms with E-state index >= 15 is 0 Å². The van der Waals surface area contributed by atoms with Crippen molar-refractivity contribution in [1.82, 2.24) is 10.2 Å². The quantitative estimate of drug-likeness (QED) is 0.701. The van der Waals surface area contributed by atoms with Gasteiger partial charge in [0.15, 0.2) is 0 Å². The first-order chi connectivity index (χ1) is 6.66. The third kappa shape index (κ3) is 1.44. The molecule has 0 unspecified atom stereocenters. The van der Waals surface area contributed by atoms with Gasteiger partial charge in [-0.05, 0) is 18.2 Å². The second-order valence-electron chi connectivity index (χ2n) is 2.86. The zero-order chi connectivity index (χ0) is 10.1. The molecule has 2 aromatic rings. The molecule has 2 rings (SSSR count). The fourth-order valence-electron chi connectivity index (χ4n) is 1.13. The number of hydrogen-bond donors (Lipinski definition) is 1. The number of nitrogens with zero attached hydrogens (tertiary/aromatic N) is 2. The van der Waals surface area contributed by atoms with Crippen molar-refractivity contribution >= 4 is 5.69 Å². The van der Waals surface area contributed by atoms with Gasteiger partial charge in [0.05, 0.1) is 5.56 Å². The molecule has 0 aliphatic rings. The summed E-state index contributed by atoms with van der Waals surface area (Å²) in [4.78, 5) is 0. The Morgan fingerprint density at radius 3 is 2.71 bits per heavy atom. The lowest BCUT2D eigenvalue weighted by Gasteiger charge is -1.99. The molecule has 14 heavy (non-hydrogen) atoms. The number of anilines is 1. The Hall–Kier alpha value is -1.91. The van der Waals surface area contributed by atoms with Crippen molar-refractivity contribution in [2.75, 3.05) is 5.73 Å². The predicted octanol–water partition coefficient (Wildman–Crippen LogP) is 1.77. The molecule has 0 bridgehead atoms. The summed E-state index contributed by atoms with van der Waals surface area (Å²) in [5.41, 5.74) is 6.43. The van der Waals surface area contributed by atoms with Crippen molar-refractivity contribution in [3.8, 4) is 11.5 Å². The van der Waals surface area contributed by atoms with E-state index in [4.69, 9.17) is 10.2 Å². The number of hydrogen-bond acceptors (Lipinski definition) is 4. The smallest absolute Gasteiger partial charge is 0.249 e. The number of halogens is 1. The summed E-state index contributed by atoms with van der Waals surface area (Å²) >= 11 is 0. The first-order valence-electron chi connectivity index (χ1n) is 4.02. The first-order valence-corrected chi connectivity index (χ1v) is 4.02. The van der Waals surface area contributed by atoms with E-state index in [1.807, 2.05) is 0 Å². The van der Waals surface area contributed by atoms with Crippen LogP contribution in [0.4, 0.5) is 10.1 Å². The molecule has 0 saturated carbocycles. The molecule has 1 aromatic carbocycles. The Bertz CT molecular complexity index is 467. The van der Waals surface area contributed by atoms with Gasteiger partial charge in [-0.2, -0.15) is 0 Å². The molecule has 0 spiro atoms. The molecule has 0 fully saturated rings. The lowest BCUT2D eigenvalue weighted by Crippen LogP contribution is -1.91. The second kappa shape index (κ2) is 3.10. The number of benzene rings is 1. The maximum Gasteiger partial charge on any atom is 0.249 e. The van der Waals surface area contributed by atoms with Crippen LogP contribution in [0.3, 0.4) is 0 Å². The van der Waals surface area contributed by atoms with Gasteiger partial charge in [0.2, 0.25) is 11.8 Å². The highest BCUT2D eigenvalue weighted by molar-refractivity contribution is 5.69. The summed E-state index contributed by atoms with van der Waals surface area (Å²) in [7, 11) is 0. The normalized spacial score (nSPS) is 10.4. The van der Waals surface area contributed by atoms with Gasteiger partial charge in [-0.25, -0.2) is 4.39 Å². The van der Waals surface area contributed by atoms with Crippen LogP contribution in [0, 0.1) is 12.7 Å². The van der Waals surface area contributed by atoms with Crippen LogP contribution >= 0.6 is 0 Å². The topological polar surface area (TPSA) is 64.9 Å². The third-order valence-electron chi connectivity index (χ3n) is 1.77. The Kier molecular flexibility index (Phi) is 1.92. The van der Waals surface area contributed by atoms with Crippen molar-refractivity contribution in [3.63, 3.8) is 0 Å². The van der Waals surface area contributed by atoms with Gasteiger partial charge in [-0.1, -0.05) is 0 Å². The van der Waals surface area contributed by atoms with E-state index in [2.05, 4.69) is 10.2 Å². The zero-order valence-corrected chi connectivity index (χ0v) is 7.49. The largest absolute Gasteiger partial charge is 0.421 e. The van der Waals surface area contributed by atoms with Crippen molar-refractivity contribution in [1.29, 1.82) is 0 Å². The second-order valence-corrected chi connectivity index (χ2v) is 2.86. The van der Waals surface area contributed by atoms with Gasteiger partial charge >= 0.3 is 0 Å². The van der Waals surface area contributed by atoms with Crippen LogP contribution in [0.1, 0.15) is 5.89 Å². The summed E-state index contributed by atoms with van der Waals surface area (Å²) in [6.45, 7) is 1.68. The van der Waals surface area contributed by atoms with Crippen LogP contribution in [-0.2, 0) is 0 Å². The molecule has 1 heterocycles. The van der Waals surface area contributed by atoms with E-state index in [0.717, 1.165) is 0 Å². The zero-order valence-electron chi connectivity index (χ0n) is 7.49. The Morgan fingerprint density at radius 2 is 2.14 bits per heavy atom. The maximum atomic E-state index is 12.7. The minimum absolute atomic E-state index is 0.286. The lowest BCUT2D eigenvalue weighted by atomic mass is 10.2. The molecule has 1 aromatic heterocycles. The molecule has 4 nitrogen and oxygen atoms in total. The van der Waals surface area contributed by atoms with Gasteiger partial charge in [-0.3, -0.25) is 0 Å². The summed E-state index contributed by atoms with van der Waals surface area (Å²) in [5, 5.41) is 7.45. The molecule has 2 N–H and O–H groups in total. The lowest BCUT2D eigenvalue weighted by molar-refractivity contribution is 0.533. The molecule has 72 valence electrons. The summed E-state index contributed by atoms with van der Waals surface area (Å²) in [5.74, 6) is 0.367. The van der Waals surface area contributed by atoms with Gasteiger partial charge in [0, 0.05) is 12.6 Å². The standard InChI is InChI=1S/C9H8FN3O/c1-5-12-13-9(14-5)7-3-2-6(10)4-8(7)11/h2-4H,11H2,1H3. The van der Waals surface area contributed by atoms with Gasteiger partial charge < -0.3 is 10.2 Å². The highest BCUT2D eigenvalue weighted by Crippen LogP contribution is 2.24. The highest BCUT2D eigenvalue weighted by atomic mass is 19.1. The Balaban J connectivity index is 2.52. The van der Waals surface area contributed by atoms with Crippen LogP contribution in [0.15, 0.2) is 22.6 Å². The van der Waals surface area contributed by atoms with Crippen LogP contribution in [0.2, 0.25) is 0 Å². The monoisotopic (exact) mass is 193 g/mol. The summed E-state index contributed by atoms with van der Waals surface area (Å²) < 4.78 is 17.9. The number of nitrogen functional groups attached to an aromatic ring is 1. The first kappa shape index (κ1) is 8.68. The maximum absolute atomic E-state index is 12.7. The Morgan fingerprint density at radius 1 is 1.36 bits per heavy atom. The van der Waals surface area contributed by atoms with Crippen molar-refractivity contribution in [2.45, 2.75) is 6.92 Å². The molecule has 0 radical (unpaired) electrons.